The number of ether oxygens (including phenoxy) is 2. The fourth-order valence-electron chi connectivity index (χ4n) is 1.73. The van der Waals surface area contributed by atoms with Crippen LogP contribution in [-0.4, -0.2) is 18.8 Å². The molecule has 2 heteroatoms. The molecule has 0 bridgehead atoms. The van der Waals surface area contributed by atoms with E-state index in [1.54, 1.807) is 0 Å². The van der Waals surface area contributed by atoms with Crippen molar-refractivity contribution in [3.63, 3.8) is 0 Å². The van der Waals surface area contributed by atoms with Crippen LogP contribution in [0.15, 0.2) is 30.3 Å². The van der Waals surface area contributed by atoms with E-state index in [-0.39, 0.29) is 0 Å². The van der Waals surface area contributed by atoms with Gasteiger partial charge in [-0.1, -0.05) is 43.7 Å². The Hall–Kier alpha value is -0.860. The molecule has 1 heterocycles. The lowest BCUT2D eigenvalue weighted by molar-refractivity contribution is 0.104. The highest BCUT2D eigenvalue weighted by Gasteiger charge is 2.37. The largest absolute Gasteiger partial charge is 0.374 e. The van der Waals surface area contributed by atoms with Crippen LogP contribution in [0.25, 0.3) is 0 Å². The van der Waals surface area contributed by atoms with Crippen LogP contribution in [0.2, 0.25) is 0 Å². The molecule has 1 saturated heterocycles. The van der Waals surface area contributed by atoms with E-state index < -0.39 is 0 Å². The molecule has 0 saturated carbocycles. The summed E-state index contributed by atoms with van der Waals surface area (Å²) in [6, 6.07) is 10.2. The maximum atomic E-state index is 5.60. The fourth-order valence-corrected chi connectivity index (χ4v) is 1.73. The molecule has 1 aliphatic heterocycles. The highest BCUT2D eigenvalue weighted by molar-refractivity contribution is 5.13. The summed E-state index contributed by atoms with van der Waals surface area (Å²) in [5.41, 5.74) is 1.23. The van der Waals surface area contributed by atoms with Crippen LogP contribution < -0.4 is 0 Å². The molecule has 2 atom stereocenters. The summed E-state index contributed by atoms with van der Waals surface area (Å²) >= 11 is 0. The van der Waals surface area contributed by atoms with E-state index >= 15 is 0 Å². The first-order valence-electron chi connectivity index (χ1n) is 5.67. The minimum absolute atomic E-state index is 0.355. The van der Waals surface area contributed by atoms with E-state index in [1.165, 1.54) is 18.4 Å². The topological polar surface area (TPSA) is 21.8 Å². The average molecular weight is 206 g/mol. The second-order valence-electron chi connectivity index (χ2n) is 4.00. The standard InChI is InChI=1S/C13H18O2/c1-2-6-12-13(15-12)10-14-9-11-7-4-3-5-8-11/h3-5,7-8,12-13H,2,6,9-10H2,1H3/t12-,13+/m1/s1. The van der Waals surface area contributed by atoms with Crippen molar-refractivity contribution in [2.75, 3.05) is 6.61 Å². The molecule has 2 rings (SSSR count). The van der Waals surface area contributed by atoms with Crippen LogP contribution in [0.5, 0.6) is 0 Å². The molecule has 0 aliphatic carbocycles. The predicted octanol–water partition coefficient (Wildman–Crippen LogP) is 2.77. The molecule has 0 N–H and O–H groups in total. The van der Waals surface area contributed by atoms with Crippen LogP contribution in [0, 0.1) is 0 Å². The maximum absolute atomic E-state index is 5.60. The zero-order chi connectivity index (χ0) is 10.5. The van der Waals surface area contributed by atoms with Crippen LogP contribution in [0.1, 0.15) is 25.3 Å². The summed E-state index contributed by atoms with van der Waals surface area (Å²) in [6.07, 6.45) is 3.18. The van der Waals surface area contributed by atoms with Crippen LogP contribution in [0.3, 0.4) is 0 Å². The summed E-state index contributed by atoms with van der Waals surface area (Å²) in [5, 5.41) is 0. The third kappa shape index (κ3) is 3.33. The van der Waals surface area contributed by atoms with Gasteiger partial charge in [0, 0.05) is 0 Å². The number of rotatable bonds is 6. The lowest BCUT2D eigenvalue weighted by Crippen LogP contribution is -2.04. The SMILES string of the molecule is CCC[C@H]1O[C@H]1COCc1ccccc1. The van der Waals surface area contributed by atoms with Crippen molar-refractivity contribution in [3.8, 4) is 0 Å². The monoisotopic (exact) mass is 206 g/mol. The summed E-state index contributed by atoms with van der Waals surface area (Å²) in [4.78, 5) is 0. The minimum Gasteiger partial charge on any atom is -0.374 e. The van der Waals surface area contributed by atoms with Crippen molar-refractivity contribution in [2.45, 2.75) is 38.6 Å². The summed E-state index contributed by atoms with van der Waals surface area (Å²) in [6.45, 7) is 3.61. The normalized spacial score (nSPS) is 24.1. The van der Waals surface area contributed by atoms with Gasteiger partial charge in [0.1, 0.15) is 6.10 Å². The Morgan fingerprint density at radius 2 is 2.00 bits per heavy atom. The first-order valence-corrected chi connectivity index (χ1v) is 5.67. The lowest BCUT2D eigenvalue weighted by Gasteiger charge is -2.01. The van der Waals surface area contributed by atoms with E-state index in [0.29, 0.717) is 18.8 Å². The first-order chi connectivity index (χ1) is 7.40. The summed E-state index contributed by atoms with van der Waals surface area (Å²) < 4.78 is 11.1. The Morgan fingerprint density at radius 1 is 1.20 bits per heavy atom. The van der Waals surface area contributed by atoms with Gasteiger partial charge in [-0.15, -0.1) is 0 Å². The van der Waals surface area contributed by atoms with Gasteiger partial charge >= 0.3 is 0 Å². The molecule has 15 heavy (non-hydrogen) atoms. The van der Waals surface area contributed by atoms with Crippen LogP contribution in [0.4, 0.5) is 0 Å². The predicted molar refractivity (Wildman–Crippen MR) is 59.7 cm³/mol. The van der Waals surface area contributed by atoms with E-state index in [9.17, 15) is 0 Å². The molecule has 0 aromatic heterocycles. The van der Waals surface area contributed by atoms with Gasteiger partial charge in [0.2, 0.25) is 0 Å². The van der Waals surface area contributed by atoms with Gasteiger partial charge in [-0.2, -0.15) is 0 Å². The van der Waals surface area contributed by atoms with Crippen molar-refractivity contribution in [1.29, 1.82) is 0 Å². The van der Waals surface area contributed by atoms with E-state index in [2.05, 4.69) is 19.1 Å². The number of benzene rings is 1. The van der Waals surface area contributed by atoms with Gasteiger partial charge in [0.05, 0.1) is 19.3 Å². The lowest BCUT2D eigenvalue weighted by atomic mass is 10.2. The molecule has 0 unspecified atom stereocenters. The van der Waals surface area contributed by atoms with Gasteiger partial charge in [-0.3, -0.25) is 0 Å². The minimum atomic E-state index is 0.355. The first kappa shape index (κ1) is 10.7. The number of hydrogen-bond donors (Lipinski definition) is 0. The molecule has 1 aromatic carbocycles. The Labute approximate surface area is 91.2 Å². The van der Waals surface area contributed by atoms with Crippen LogP contribution in [-0.2, 0) is 16.1 Å². The zero-order valence-corrected chi connectivity index (χ0v) is 9.19. The quantitative estimate of drug-likeness (QED) is 0.667. The van der Waals surface area contributed by atoms with E-state index in [0.717, 1.165) is 6.61 Å². The van der Waals surface area contributed by atoms with E-state index in [4.69, 9.17) is 9.47 Å². The van der Waals surface area contributed by atoms with Crippen molar-refractivity contribution in [3.05, 3.63) is 35.9 Å². The fraction of sp³-hybridized carbons (Fsp3) is 0.538. The van der Waals surface area contributed by atoms with Gasteiger partial charge in [0.15, 0.2) is 0 Å². The molecule has 0 radical (unpaired) electrons. The zero-order valence-electron chi connectivity index (χ0n) is 9.19. The Kier molecular flexibility index (Phi) is 3.75. The molecule has 0 amide bonds. The molecular formula is C13H18O2. The third-order valence-corrected chi connectivity index (χ3v) is 2.65. The summed E-state index contributed by atoms with van der Waals surface area (Å²) in [5.74, 6) is 0. The molecule has 2 nitrogen and oxygen atoms in total. The molecular weight excluding hydrogens is 188 g/mol. The highest BCUT2D eigenvalue weighted by atomic mass is 16.6. The van der Waals surface area contributed by atoms with Gasteiger partial charge in [-0.25, -0.2) is 0 Å². The maximum Gasteiger partial charge on any atom is 0.107 e. The van der Waals surface area contributed by atoms with Gasteiger partial charge in [-0.05, 0) is 12.0 Å². The highest BCUT2D eigenvalue weighted by Crippen LogP contribution is 2.26. The Morgan fingerprint density at radius 3 is 2.73 bits per heavy atom. The van der Waals surface area contributed by atoms with Crippen molar-refractivity contribution in [2.24, 2.45) is 0 Å². The molecule has 0 spiro atoms. The molecule has 1 aromatic rings. The number of hydrogen-bond acceptors (Lipinski definition) is 2. The van der Waals surface area contributed by atoms with Crippen molar-refractivity contribution >= 4 is 0 Å². The average Bonchev–Trinajstić information content (AvgIpc) is 2.99. The smallest absolute Gasteiger partial charge is 0.107 e. The van der Waals surface area contributed by atoms with Crippen LogP contribution >= 0.6 is 0 Å². The van der Waals surface area contributed by atoms with Gasteiger partial charge in [0.25, 0.3) is 0 Å². The van der Waals surface area contributed by atoms with Gasteiger partial charge < -0.3 is 9.47 Å². The Balaban J connectivity index is 1.60. The Bertz CT molecular complexity index is 284. The molecule has 1 aliphatic rings. The molecule has 82 valence electrons. The second kappa shape index (κ2) is 5.29. The second-order valence-corrected chi connectivity index (χ2v) is 4.00. The third-order valence-electron chi connectivity index (χ3n) is 2.65. The summed E-state index contributed by atoms with van der Waals surface area (Å²) in [7, 11) is 0. The number of epoxide rings is 1. The molecule has 1 fully saturated rings. The van der Waals surface area contributed by atoms with Crippen molar-refractivity contribution in [1.82, 2.24) is 0 Å². The van der Waals surface area contributed by atoms with E-state index in [1.807, 2.05) is 18.2 Å². The van der Waals surface area contributed by atoms with Crippen molar-refractivity contribution < 1.29 is 9.47 Å².